The summed E-state index contributed by atoms with van der Waals surface area (Å²) in [6.45, 7) is 0.294. The van der Waals surface area contributed by atoms with Crippen LogP contribution in [0.2, 0.25) is 10.0 Å². The van der Waals surface area contributed by atoms with Gasteiger partial charge < -0.3 is 15.2 Å². The Morgan fingerprint density at radius 3 is 2.83 bits per heavy atom. The minimum Gasteiger partial charge on any atom is -0.394 e. The van der Waals surface area contributed by atoms with Crippen LogP contribution in [0.5, 0.6) is 0 Å². The van der Waals surface area contributed by atoms with Crippen molar-refractivity contribution in [1.29, 1.82) is 0 Å². The first-order valence-corrected chi connectivity index (χ1v) is 6.19. The van der Waals surface area contributed by atoms with Crippen molar-refractivity contribution in [3.63, 3.8) is 0 Å². The summed E-state index contributed by atoms with van der Waals surface area (Å²) < 4.78 is 4.89. The van der Waals surface area contributed by atoms with Crippen molar-refractivity contribution in [2.24, 2.45) is 0 Å². The molecule has 0 aliphatic heterocycles. The Hall–Kier alpha value is -0.810. The molecule has 0 saturated carbocycles. The number of ether oxygens (including phenoxy) is 1. The second-order valence-corrected chi connectivity index (χ2v) is 4.60. The van der Waals surface area contributed by atoms with Crippen LogP contribution in [0.4, 0.5) is 0 Å². The van der Waals surface area contributed by atoms with Gasteiger partial charge in [0.25, 0.3) is 5.91 Å². The number of amides is 1. The van der Waals surface area contributed by atoms with Crippen molar-refractivity contribution in [2.45, 2.75) is 12.5 Å². The molecular weight excluding hydrogens is 277 g/mol. The van der Waals surface area contributed by atoms with Crippen LogP contribution in [-0.2, 0) is 4.74 Å². The highest BCUT2D eigenvalue weighted by molar-refractivity contribution is 6.35. The second-order valence-electron chi connectivity index (χ2n) is 3.76. The van der Waals surface area contributed by atoms with E-state index in [1.54, 1.807) is 19.2 Å². The molecule has 1 atom stereocenters. The molecule has 0 spiro atoms. The molecule has 0 aliphatic carbocycles. The Balaban J connectivity index is 2.71. The summed E-state index contributed by atoms with van der Waals surface area (Å²) in [4.78, 5) is 11.9. The van der Waals surface area contributed by atoms with Gasteiger partial charge in [-0.15, -0.1) is 0 Å². The maximum Gasteiger partial charge on any atom is 0.253 e. The van der Waals surface area contributed by atoms with Crippen LogP contribution in [0.15, 0.2) is 18.2 Å². The van der Waals surface area contributed by atoms with E-state index in [4.69, 9.17) is 33.0 Å². The molecule has 0 bridgehead atoms. The maximum atomic E-state index is 11.9. The molecule has 1 aromatic carbocycles. The number of hydrogen-bond donors (Lipinski definition) is 2. The van der Waals surface area contributed by atoms with Crippen molar-refractivity contribution in [2.75, 3.05) is 20.3 Å². The number of carbonyl (C=O) groups is 1. The molecule has 1 rings (SSSR count). The number of hydrogen-bond acceptors (Lipinski definition) is 3. The fraction of sp³-hybridized carbons (Fsp3) is 0.417. The zero-order valence-electron chi connectivity index (χ0n) is 9.95. The lowest BCUT2D eigenvalue weighted by molar-refractivity contribution is 0.0895. The van der Waals surface area contributed by atoms with Gasteiger partial charge in [-0.05, 0) is 24.6 Å². The fourth-order valence-corrected chi connectivity index (χ4v) is 1.78. The molecule has 1 aromatic rings. The molecule has 0 aliphatic rings. The third-order valence-electron chi connectivity index (χ3n) is 2.40. The minimum atomic E-state index is -0.368. The molecule has 1 unspecified atom stereocenters. The first kappa shape index (κ1) is 15.2. The first-order chi connectivity index (χ1) is 8.58. The summed E-state index contributed by atoms with van der Waals surface area (Å²) in [5, 5.41) is 12.6. The third kappa shape index (κ3) is 4.46. The number of halogens is 2. The highest BCUT2D eigenvalue weighted by Crippen LogP contribution is 2.20. The lowest BCUT2D eigenvalue weighted by Gasteiger charge is -2.16. The smallest absolute Gasteiger partial charge is 0.253 e. The van der Waals surface area contributed by atoms with Crippen LogP contribution in [0.3, 0.4) is 0 Å². The van der Waals surface area contributed by atoms with Gasteiger partial charge in [0.2, 0.25) is 0 Å². The molecule has 2 N–H and O–H groups in total. The molecule has 0 aromatic heterocycles. The summed E-state index contributed by atoms with van der Waals surface area (Å²) in [5.41, 5.74) is 0.292. The number of nitrogens with one attached hydrogen (secondary N) is 1. The molecular formula is C12H15Cl2NO3. The van der Waals surface area contributed by atoms with Crippen molar-refractivity contribution in [3.8, 4) is 0 Å². The van der Waals surface area contributed by atoms with Gasteiger partial charge in [-0.1, -0.05) is 23.2 Å². The zero-order valence-corrected chi connectivity index (χ0v) is 11.5. The topological polar surface area (TPSA) is 58.6 Å². The van der Waals surface area contributed by atoms with Gasteiger partial charge >= 0.3 is 0 Å². The summed E-state index contributed by atoms with van der Waals surface area (Å²) in [5.74, 6) is -0.363. The number of benzene rings is 1. The van der Waals surface area contributed by atoms with Gasteiger partial charge in [-0.25, -0.2) is 0 Å². The van der Waals surface area contributed by atoms with Gasteiger partial charge in [0.05, 0.1) is 23.2 Å². The lowest BCUT2D eigenvalue weighted by Crippen LogP contribution is -2.38. The highest BCUT2D eigenvalue weighted by atomic mass is 35.5. The number of aliphatic hydroxyl groups excluding tert-OH is 1. The van der Waals surface area contributed by atoms with E-state index in [-0.39, 0.29) is 18.6 Å². The monoisotopic (exact) mass is 291 g/mol. The van der Waals surface area contributed by atoms with Crippen molar-refractivity contribution >= 4 is 29.1 Å². The van der Waals surface area contributed by atoms with Crippen LogP contribution in [0, 0.1) is 0 Å². The number of rotatable bonds is 6. The van der Waals surface area contributed by atoms with E-state index >= 15 is 0 Å². The molecule has 100 valence electrons. The average Bonchev–Trinajstić information content (AvgIpc) is 2.37. The molecule has 0 fully saturated rings. The van der Waals surface area contributed by atoms with Crippen LogP contribution in [0.1, 0.15) is 16.8 Å². The predicted molar refractivity (Wildman–Crippen MR) is 71.3 cm³/mol. The fourth-order valence-electron chi connectivity index (χ4n) is 1.40. The lowest BCUT2D eigenvalue weighted by atomic mass is 10.1. The van der Waals surface area contributed by atoms with Gasteiger partial charge in [0, 0.05) is 18.7 Å². The molecule has 1 amide bonds. The summed E-state index contributed by atoms with van der Waals surface area (Å²) in [6.07, 6.45) is 0.525. The van der Waals surface area contributed by atoms with Crippen molar-refractivity contribution in [1.82, 2.24) is 5.32 Å². The number of aliphatic hydroxyl groups is 1. The first-order valence-electron chi connectivity index (χ1n) is 5.44. The number of carbonyl (C=O) groups excluding carboxylic acids is 1. The van der Waals surface area contributed by atoms with E-state index in [0.717, 1.165) is 0 Å². The molecule has 0 radical (unpaired) electrons. The third-order valence-corrected chi connectivity index (χ3v) is 2.96. The summed E-state index contributed by atoms with van der Waals surface area (Å²) in [7, 11) is 1.56. The van der Waals surface area contributed by atoms with Crippen molar-refractivity contribution in [3.05, 3.63) is 33.8 Å². The predicted octanol–water partition coefficient (Wildman–Crippen LogP) is 2.12. The van der Waals surface area contributed by atoms with E-state index in [1.807, 2.05) is 0 Å². The highest BCUT2D eigenvalue weighted by Gasteiger charge is 2.15. The van der Waals surface area contributed by atoms with Gasteiger partial charge in [-0.2, -0.15) is 0 Å². The second kappa shape index (κ2) is 7.59. The zero-order chi connectivity index (χ0) is 13.5. The van der Waals surface area contributed by atoms with E-state index in [0.29, 0.717) is 28.6 Å². The normalized spacial score (nSPS) is 12.2. The number of methoxy groups -OCH3 is 1. The van der Waals surface area contributed by atoms with E-state index < -0.39 is 0 Å². The summed E-state index contributed by atoms with van der Waals surface area (Å²) in [6, 6.07) is 4.29. The molecule has 6 heteroatoms. The van der Waals surface area contributed by atoms with Crippen LogP contribution >= 0.6 is 23.2 Å². The van der Waals surface area contributed by atoms with Crippen LogP contribution < -0.4 is 5.32 Å². The molecule has 4 nitrogen and oxygen atoms in total. The van der Waals surface area contributed by atoms with Gasteiger partial charge in [-0.3, -0.25) is 4.79 Å². The van der Waals surface area contributed by atoms with E-state index in [9.17, 15) is 4.79 Å². The van der Waals surface area contributed by atoms with Gasteiger partial charge in [0.1, 0.15) is 0 Å². The minimum absolute atomic E-state index is 0.159. The van der Waals surface area contributed by atoms with E-state index in [2.05, 4.69) is 5.32 Å². The largest absolute Gasteiger partial charge is 0.394 e. The Morgan fingerprint density at radius 1 is 1.50 bits per heavy atom. The van der Waals surface area contributed by atoms with Crippen LogP contribution in [-0.4, -0.2) is 37.4 Å². The van der Waals surface area contributed by atoms with E-state index in [1.165, 1.54) is 6.07 Å². The maximum absolute atomic E-state index is 11.9. The molecule has 0 heterocycles. The Morgan fingerprint density at radius 2 is 2.22 bits per heavy atom. The average molecular weight is 292 g/mol. The molecule has 0 saturated heterocycles. The SMILES string of the molecule is COCCC(CO)NC(=O)c1cc(Cl)ccc1Cl. The Kier molecular flexibility index (Phi) is 6.43. The summed E-state index contributed by atoms with van der Waals surface area (Å²) >= 11 is 11.7. The van der Waals surface area contributed by atoms with Crippen LogP contribution in [0.25, 0.3) is 0 Å². The van der Waals surface area contributed by atoms with Gasteiger partial charge in [0.15, 0.2) is 0 Å². The Bertz CT molecular complexity index is 412. The Labute approximate surface area is 116 Å². The van der Waals surface area contributed by atoms with Crippen molar-refractivity contribution < 1.29 is 14.6 Å². The standard InChI is InChI=1S/C12H15Cl2NO3/c1-18-5-4-9(7-16)15-12(17)10-6-8(13)2-3-11(10)14/h2-3,6,9,16H,4-5,7H2,1H3,(H,15,17). The molecule has 18 heavy (non-hydrogen) atoms. The quantitative estimate of drug-likeness (QED) is 0.844.